The lowest BCUT2D eigenvalue weighted by Gasteiger charge is -2.35. The van der Waals surface area contributed by atoms with Crippen molar-refractivity contribution in [2.24, 2.45) is 0 Å². The Labute approximate surface area is 172 Å². The molecule has 29 heavy (non-hydrogen) atoms. The molecule has 1 aliphatic heterocycles. The highest BCUT2D eigenvalue weighted by Crippen LogP contribution is 2.33. The van der Waals surface area contributed by atoms with Gasteiger partial charge in [0.05, 0.1) is 9.82 Å². The zero-order chi connectivity index (χ0) is 20.6. The van der Waals surface area contributed by atoms with Gasteiger partial charge >= 0.3 is 0 Å². The van der Waals surface area contributed by atoms with Gasteiger partial charge in [-0.3, -0.25) is 10.1 Å². The molecule has 2 aromatic carbocycles. The number of piperazine rings is 1. The predicted octanol–water partition coefficient (Wildman–Crippen LogP) is 3.31. The summed E-state index contributed by atoms with van der Waals surface area (Å²) in [5, 5.41) is 12.4. The van der Waals surface area contributed by atoms with Crippen molar-refractivity contribution in [2.45, 2.75) is 4.90 Å². The van der Waals surface area contributed by atoms with Crippen molar-refractivity contribution in [3.63, 3.8) is 0 Å². The monoisotopic (exact) mass is 432 g/mol. The first kappa shape index (κ1) is 19.6. The summed E-state index contributed by atoms with van der Waals surface area (Å²) in [6, 6.07) is 12.8. The zero-order valence-corrected chi connectivity index (χ0v) is 16.8. The third-order valence-corrected chi connectivity index (χ3v) is 7.12. The maximum absolute atomic E-state index is 12.9. The number of halogens is 1. The van der Waals surface area contributed by atoms with E-state index in [4.69, 9.17) is 11.6 Å². The van der Waals surface area contributed by atoms with E-state index in [0.29, 0.717) is 42.1 Å². The second-order valence-electron chi connectivity index (χ2n) is 6.61. The summed E-state index contributed by atoms with van der Waals surface area (Å²) in [7, 11) is -3.60. The van der Waals surface area contributed by atoms with E-state index < -0.39 is 14.9 Å². The maximum Gasteiger partial charge on any atom is 0.295 e. The van der Waals surface area contributed by atoms with Crippen LogP contribution in [0.15, 0.2) is 59.6 Å². The molecular weight excluding hydrogens is 416 g/mol. The van der Waals surface area contributed by atoms with Crippen LogP contribution in [0.5, 0.6) is 0 Å². The number of anilines is 1. The van der Waals surface area contributed by atoms with Gasteiger partial charge in [0.25, 0.3) is 5.69 Å². The lowest BCUT2D eigenvalue weighted by atomic mass is 10.1. The first-order valence-electron chi connectivity index (χ1n) is 8.91. The summed E-state index contributed by atoms with van der Waals surface area (Å²) < 4.78 is 27.1. The van der Waals surface area contributed by atoms with Crippen molar-refractivity contribution in [3.05, 3.63) is 69.9 Å². The highest BCUT2D eigenvalue weighted by Gasteiger charge is 2.29. The van der Waals surface area contributed by atoms with Gasteiger partial charge in [0.15, 0.2) is 0 Å². The van der Waals surface area contributed by atoms with Gasteiger partial charge in [-0.2, -0.15) is 4.31 Å². The van der Waals surface area contributed by atoms with Crippen molar-refractivity contribution in [1.82, 2.24) is 9.29 Å². The number of rotatable bonds is 4. The first-order valence-corrected chi connectivity index (χ1v) is 10.7. The molecule has 2 heterocycles. The molecule has 0 unspecified atom stereocenters. The fourth-order valence-corrected chi connectivity index (χ4v) is 5.04. The number of non-ortho nitro benzene ring substituents is 1. The van der Waals surface area contributed by atoms with Gasteiger partial charge in [0, 0.05) is 54.5 Å². The smallest absolute Gasteiger partial charge is 0.295 e. The lowest BCUT2D eigenvalue weighted by molar-refractivity contribution is -0.383. The minimum Gasteiger partial charge on any atom is -0.368 e. The third-order valence-electron chi connectivity index (χ3n) is 4.95. The van der Waals surface area contributed by atoms with Gasteiger partial charge in [-0.05, 0) is 42.5 Å². The Kier molecular flexibility index (Phi) is 5.12. The third kappa shape index (κ3) is 3.64. The Bertz CT molecular complexity index is 1180. The van der Waals surface area contributed by atoms with Gasteiger partial charge in [0.1, 0.15) is 5.52 Å². The Morgan fingerprint density at radius 3 is 2.34 bits per heavy atom. The molecule has 0 saturated carbocycles. The molecule has 0 spiro atoms. The molecule has 0 bridgehead atoms. The minimum absolute atomic E-state index is 0.0479. The van der Waals surface area contributed by atoms with Crippen molar-refractivity contribution < 1.29 is 13.3 Å². The van der Waals surface area contributed by atoms with Crippen LogP contribution in [0.25, 0.3) is 10.9 Å². The van der Waals surface area contributed by atoms with Crippen molar-refractivity contribution in [1.29, 1.82) is 0 Å². The van der Waals surface area contributed by atoms with Gasteiger partial charge < -0.3 is 4.90 Å². The second kappa shape index (κ2) is 7.58. The summed E-state index contributed by atoms with van der Waals surface area (Å²) in [4.78, 5) is 17.2. The molecule has 0 N–H and O–H groups in total. The highest BCUT2D eigenvalue weighted by molar-refractivity contribution is 7.89. The SMILES string of the molecule is O=[N+]([O-])c1ccc(N2CCN(S(=O)(=O)c3ccc(Cl)cc3)CC2)c2cccnc12. The Morgan fingerprint density at radius 2 is 1.69 bits per heavy atom. The molecule has 1 saturated heterocycles. The molecule has 0 amide bonds. The number of sulfonamides is 1. The number of nitro groups is 1. The standard InChI is InChI=1S/C19H17ClN4O4S/c20-14-3-5-15(6-4-14)29(27,28)23-12-10-22(11-13-23)17-7-8-18(24(25)26)19-16(17)2-1-9-21-19/h1-9H,10-13H2. The van der Waals surface area contributed by atoms with Crippen LogP contribution in [0, 0.1) is 10.1 Å². The molecule has 0 radical (unpaired) electrons. The molecule has 4 rings (SSSR count). The molecule has 8 nitrogen and oxygen atoms in total. The van der Waals surface area contributed by atoms with Crippen LogP contribution >= 0.6 is 11.6 Å². The molecule has 3 aromatic rings. The molecule has 1 aromatic heterocycles. The van der Waals surface area contributed by atoms with E-state index in [1.807, 2.05) is 4.90 Å². The average Bonchev–Trinajstić information content (AvgIpc) is 2.73. The van der Waals surface area contributed by atoms with E-state index >= 15 is 0 Å². The number of hydrogen-bond donors (Lipinski definition) is 0. The fourth-order valence-electron chi connectivity index (χ4n) is 3.49. The minimum atomic E-state index is -3.60. The van der Waals surface area contributed by atoms with E-state index in [-0.39, 0.29) is 10.6 Å². The van der Waals surface area contributed by atoms with Crippen molar-refractivity contribution in [3.8, 4) is 0 Å². The number of nitro benzene ring substituents is 1. The normalized spacial score (nSPS) is 15.6. The van der Waals surface area contributed by atoms with Gasteiger partial charge in [-0.15, -0.1) is 0 Å². The summed E-state index contributed by atoms with van der Waals surface area (Å²) in [5.41, 5.74) is 1.08. The highest BCUT2D eigenvalue weighted by atomic mass is 35.5. The van der Waals surface area contributed by atoms with Gasteiger partial charge in [-0.1, -0.05) is 11.6 Å². The summed E-state index contributed by atoms with van der Waals surface area (Å²) >= 11 is 5.85. The Morgan fingerprint density at radius 1 is 1.00 bits per heavy atom. The summed E-state index contributed by atoms with van der Waals surface area (Å²) in [6.45, 7) is 1.55. The molecule has 0 atom stereocenters. The van der Waals surface area contributed by atoms with E-state index in [1.54, 1.807) is 30.3 Å². The van der Waals surface area contributed by atoms with Crippen LogP contribution in [0.3, 0.4) is 0 Å². The maximum atomic E-state index is 12.9. The van der Waals surface area contributed by atoms with E-state index in [0.717, 1.165) is 5.69 Å². The quantitative estimate of drug-likeness (QED) is 0.463. The topological polar surface area (TPSA) is 96.6 Å². The number of pyridine rings is 1. The van der Waals surface area contributed by atoms with Crippen LogP contribution in [0.1, 0.15) is 0 Å². The molecule has 1 aliphatic rings. The van der Waals surface area contributed by atoms with Gasteiger partial charge in [0.2, 0.25) is 10.0 Å². The van der Waals surface area contributed by atoms with Crippen molar-refractivity contribution in [2.75, 3.05) is 31.1 Å². The number of benzene rings is 2. The molecule has 1 fully saturated rings. The predicted molar refractivity (Wildman–Crippen MR) is 111 cm³/mol. The first-order chi connectivity index (χ1) is 13.9. The molecule has 150 valence electrons. The lowest BCUT2D eigenvalue weighted by Crippen LogP contribution is -2.48. The number of aromatic nitrogens is 1. The van der Waals surface area contributed by atoms with E-state index in [9.17, 15) is 18.5 Å². The van der Waals surface area contributed by atoms with E-state index in [2.05, 4.69) is 4.98 Å². The van der Waals surface area contributed by atoms with Crippen LogP contribution in [0.2, 0.25) is 5.02 Å². The molecular formula is C19H17ClN4O4S. The van der Waals surface area contributed by atoms with Crippen LogP contribution in [-0.2, 0) is 10.0 Å². The fraction of sp³-hybridized carbons (Fsp3) is 0.211. The van der Waals surface area contributed by atoms with Gasteiger partial charge in [-0.25, -0.2) is 13.4 Å². The van der Waals surface area contributed by atoms with Crippen LogP contribution in [0.4, 0.5) is 11.4 Å². The largest absolute Gasteiger partial charge is 0.368 e. The van der Waals surface area contributed by atoms with Crippen LogP contribution < -0.4 is 4.90 Å². The molecule has 10 heteroatoms. The van der Waals surface area contributed by atoms with Crippen molar-refractivity contribution >= 4 is 43.9 Å². The number of fused-ring (bicyclic) bond motifs is 1. The zero-order valence-electron chi connectivity index (χ0n) is 15.2. The summed E-state index contributed by atoms with van der Waals surface area (Å²) in [5.74, 6) is 0. The average molecular weight is 433 g/mol. The summed E-state index contributed by atoms with van der Waals surface area (Å²) in [6.07, 6.45) is 1.52. The van der Waals surface area contributed by atoms with Crippen LogP contribution in [-0.4, -0.2) is 48.8 Å². The van der Waals surface area contributed by atoms with E-state index in [1.165, 1.54) is 28.7 Å². The Balaban J connectivity index is 1.58. The number of hydrogen-bond acceptors (Lipinski definition) is 6. The molecule has 0 aliphatic carbocycles. The Hall–Kier alpha value is -2.75. The second-order valence-corrected chi connectivity index (χ2v) is 8.98. The number of nitrogens with zero attached hydrogens (tertiary/aromatic N) is 4.